The van der Waals surface area contributed by atoms with Crippen LogP contribution in [0.25, 0.3) is 0 Å². The molecule has 0 bridgehead atoms. The third kappa shape index (κ3) is 3.05. The Bertz CT molecular complexity index is 639. The molecule has 0 aliphatic carbocycles. The first kappa shape index (κ1) is 14.0. The zero-order valence-electron chi connectivity index (χ0n) is 11.8. The molecule has 0 radical (unpaired) electrons. The largest absolute Gasteiger partial charge is 0.493 e. The minimum Gasteiger partial charge on any atom is -0.493 e. The van der Waals surface area contributed by atoms with Gasteiger partial charge in [0.1, 0.15) is 5.75 Å². The van der Waals surface area contributed by atoms with Crippen molar-refractivity contribution in [2.45, 2.75) is 17.4 Å². The maximum atomic E-state index is 12.4. The lowest BCUT2D eigenvalue weighted by Gasteiger charge is -2.26. The van der Waals surface area contributed by atoms with Gasteiger partial charge in [-0.05, 0) is 36.6 Å². The van der Waals surface area contributed by atoms with Crippen LogP contribution >= 0.6 is 11.8 Å². The average molecular weight is 299 g/mol. The van der Waals surface area contributed by atoms with E-state index in [9.17, 15) is 4.79 Å². The number of benzene rings is 2. The van der Waals surface area contributed by atoms with Crippen molar-refractivity contribution >= 4 is 17.7 Å². The van der Waals surface area contributed by atoms with Crippen molar-refractivity contribution in [1.82, 2.24) is 5.32 Å². The van der Waals surface area contributed by atoms with E-state index in [4.69, 9.17) is 4.74 Å². The molecule has 1 heterocycles. The van der Waals surface area contributed by atoms with E-state index >= 15 is 0 Å². The third-order valence-electron chi connectivity index (χ3n) is 3.62. The van der Waals surface area contributed by atoms with E-state index in [0.717, 1.165) is 22.6 Å². The van der Waals surface area contributed by atoms with E-state index in [2.05, 4.69) is 5.32 Å². The lowest BCUT2D eigenvalue weighted by molar-refractivity contribution is 0.0924. The number of carbonyl (C=O) groups excluding carboxylic acids is 1. The van der Waals surface area contributed by atoms with Crippen LogP contribution in [0.5, 0.6) is 5.75 Å². The van der Waals surface area contributed by atoms with E-state index in [0.29, 0.717) is 12.2 Å². The Morgan fingerprint density at radius 3 is 2.71 bits per heavy atom. The second-order valence-corrected chi connectivity index (χ2v) is 5.81. The van der Waals surface area contributed by atoms with Gasteiger partial charge < -0.3 is 10.1 Å². The monoisotopic (exact) mass is 299 g/mol. The molecular weight excluding hydrogens is 282 g/mol. The molecule has 1 atom stereocenters. The van der Waals surface area contributed by atoms with Gasteiger partial charge in [0, 0.05) is 22.4 Å². The van der Waals surface area contributed by atoms with Crippen LogP contribution in [0.2, 0.25) is 0 Å². The van der Waals surface area contributed by atoms with E-state index in [1.165, 1.54) is 0 Å². The van der Waals surface area contributed by atoms with Crippen molar-refractivity contribution in [2.75, 3.05) is 12.9 Å². The molecule has 1 aliphatic rings. The number of rotatable bonds is 3. The van der Waals surface area contributed by atoms with Gasteiger partial charge in [-0.15, -0.1) is 11.8 Å². The summed E-state index contributed by atoms with van der Waals surface area (Å²) in [4.78, 5) is 13.5. The van der Waals surface area contributed by atoms with Gasteiger partial charge in [0.15, 0.2) is 0 Å². The van der Waals surface area contributed by atoms with Crippen LogP contribution in [0.4, 0.5) is 0 Å². The standard InChI is InChI=1S/C17H17NO2S/c1-21-13-8-6-12(7-9-13)17(19)18-15-10-11-20-16-5-3-2-4-14(15)16/h2-9,15H,10-11H2,1H3,(H,18,19)/t15-/m1/s1. The van der Waals surface area contributed by atoms with Gasteiger partial charge in [-0.2, -0.15) is 0 Å². The first-order valence-corrected chi connectivity index (χ1v) is 8.17. The summed E-state index contributed by atoms with van der Waals surface area (Å²) >= 11 is 1.67. The van der Waals surface area contributed by atoms with Gasteiger partial charge in [-0.25, -0.2) is 0 Å². The number of fused-ring (bicyclic) bond motifs is 1. The highest BCUT2D eigenvalue weighted by atomic mass is 32.2. The summed E-state index contributed by atoms with van der Waals surface area (Å²) in [5.41, 5.74) is 1.75. The van der Waals surface area contributed by atoms with Gasteiger partial charge in [0.25, 0.3) is 5.91 Å². The molecule has 0 fully saturated rings. The Labute approximate surface area is 128 Å². The van der Waals surface area contributed by atoms with Gasteiger partial charge in [0.05, 0.1) is 12.6 Å². The highest BCUT2D eigenvalue weighted by Gasteiger charge is 2.22. The number of para-hydroxylation sites is 1. The number of carbonyl (C=O) groups is 1. The molecule has 4 heteroatoms. The fourth-order valence-electron chi connectivity index (χ4n) is 2.48. The number of nitrogens with one attached hydrogen (secondary N) is 1. The fourth-order valence-corrected chi connectivity index (χ4v) is 2.88. The molecule has 1 amide bonds. The molecule has 2 aromatic rings. The average Bonchev–Trinajstić information content (AvgIpc) is 2.55. The Morgan fingerprint density at radius 1 is 1.19 bits per heavy atom. The molecular formula is C17H17NO2S. The molecule has 0 aromatic heterocycles. The minimum absolute atomic E-state index is 0.0164. The third-order valence-corrected chi connectivity index (χ3v) is 4.36. The fraction of sp³-hybridized carbons (Fsp3) is 0.235. The zero-order chi connectivity index (χ0) is 14.7. The number of hydrogen-bond donors (Lipinski definition) is 1. The molecule has 1 N–H and O–H groups in total. The molecule has 0 saturated carbocycles. The van der Waals surface area contributed by atoms with Gasteiger partial charge in [-0.1, -0.05) is 18.2 Å². The number of ether oxygens (including phenoxy) is 1. The quantitative estimate of drug-likeness (QED) is 0.879. The van der Waals surface area contributed by atoms with Crippen LogP contribution in [0.3, 0.4) is 0 Å². The molecule has 2 aromatic carbocycles. The van der Waals surface area contributed by atoms with Gasteiger partial charge in [0.2, 0.25) is 0 Å². The molecule has 3 nitrogen and oxygen atoms in total. The summed E-state index contributed by atoms with van der Waals surface area (Å²) < 4.78 is 5.62. The molecule has 0 unspecified atom stereocenters. The summed E-state index contributed by atoms with van der Waals surface area (Å²) in [6.45, 7) is 0.632. The number of hydrogen-bond acceptors (Lipinski definition) is 3. The van der Waals surface area contributed by atoms with Crippen LogP contribution in [-0.4, -0.2) is 18.8 Å². The molecule has 0 saturated heterocycles. The van der Waals surface area contributed by atoms with E-state index in [1.807, 2.05) is 54.8 Å². The lowest BCUT2D eigenvalue weighted by atomic mass is 10.00. The topological polar surface area (TPSA) is 38.3 Å². The lowest BCUT2D eigenvalue weighted by Crippen LogP contribution is -2.32. The van der Waals surface area contributed by atoms with Gasteiger partial charge in [-0.3, -0.25) is 4.79 Å². The SMILES string of the molecule is CSc1ccc(C(=O)N[C@@H]2CCOc3ccccc32)cc1. The second kappa shape index (κ2) is 6.22. The van der Waals surface area contributed by atoms with Crippen molar-refractivity contribution in [3.05, 3.63) is 59.7 Å². The zero-order valence-corrected chi connectivity index (χ0v) is 12.7. The first-order valence-electron chi connectivity index (χ1n) is 6.94. The van der Waals surface area contributed by atoms with Crippen LogP contribution < -0.4 is 10.1 Å². The van der Waals surface area contributed by atoms with Crippen molar-refractivity contribution in [1.29, 1.82) is 0 Å². The van der Waals surface area contributed by atoms with E-state index < -0.39 is 0 Å². The summed E-state index contributed by atoms with van der Waals surface area (Å²) in [6, 6.07) is 15.6. The molecule has 21 heavy (non-hydrogen) atoms. The second-order valence-electron chi connectivity index (χ2n) is 4.93. The summed E-state index contributed by atoms with van der Waals surface area (Å²) in [7, 11) is 0. The minimum atomic E-state index is -0.0376. The molecule has 0 spiro atoms. The van der Waals surface area contributed by atoms with E-state index in [1.54, 1.807) is 11.8 Å². The van der Waals surface area contributed by atoms with Crippen LogP contribution in [0, 0.1) is 0 Å². The van der Waals surface area contributed by atoms with Crippen molar-refractivity contribution in [2.24, 2.45) is 0 Å². The Balaban J connectivity index is 1.76. The van der Waals surface area contributed by atoms with Crippen molar-refractivity contribution < 1.29 is 9.53 Å². The molecule has 3 rings (SSSR count). The highest BCUT2D eigenvalue weighted by molar-refractivity contribution is 7.98. The Kier molecular flexibility index (Phi) is 4.15. The Hall–Kier alpha value is -1.94. The predicted octanol–water partition coefficient (Wildman–Crippen LogP) is 3.66. The van der Waals surface area contributed by atoms with Crippen molar-refractivity contribution in [3.8, 4) is 5.75 Å². The maximum absolute atomic E-state index is 12.4. The van der Waals surface area contributed by atoms with E-state index in [-0.39, 0.29) is 11.9 Å². The number of amides is 1. The summed E-state index contributed by atoms with van der Waals surface area (Å²) in [5, 5.41) is 3.10. The van der Waals surface area contributed by atoms with Crippen molar-refractivity contribution in [3.63, 3.8) is 0 Å². The van der Waals surface area contributed by atoms with Crippen LogP contribution in [0.1, 0.15) is 28.4 Å². The Morgan fingerprint density at radius 2 is 1.95 bits per heavy atom. The van der Waals surface area contributed by atoms with Crippen LogP contribution in [-0.2, 0) is 0 Å². The first-order chi connectivity index (χ1) is 10.3. The molecule has 1 aliphatic heterocycles. The van der Waals surface area contributed by atoms with Crippen LogP contribution in [0.15, 0.2) is 53.4 Å². The number of thioether (sulfide) groups is 1. The molecule has 108 valence electrons. The predicted molar refractivity (Wildman–Crippen MR) is 85.0 cm³/mol. The highest BCUT2D eigenvalue weighted by Crippen LogP contribution is 2.31. The smallest absolute Gasteiger partial charge is 0.251 e. The maximum Gasteiger partial charge on any atom is 0.251 e. The summed E-state index contributed by atoms with van der Waals surface area (Å²) in [6.07, 6.45) is 2.82. The van der Waals surface area contributed by atoms with Gasteiger partial charge >= 0.3 is 0 Å². The summed E-state index contributed by atoms with van der Waals surface area (Å²) in [5.74, 6) is 0.830. The normalized spacial score (nSPS) is 16.7.